The molecular weight excluding hydrogens is 244 g/mol. The molecule has 1 aromatic rings. The Morgan fingerprint density at radius 1 is 1.20 bits per heavy atom. The molecule has 1 aliphatic rings. The van der Waals surface area contributed by atoms with E-state index < -0.39 is 0 Å². The van der Waals surface area contributed by atoms with E-state index in [1.807, 2.05) is 0 Å². The fourth-order valence-electron chi connectivity index (χ4n) is 3.66. The van der Waals surface area contributed by atoms with Crippen molar-refractivity contribution >= 4 is 5.71 Å². The average molecular weight is 272 g/mol. The predicted octanol–water partition coefficient (Wildman–Crippen LogP) is 4.45. The van der Waals surface area contributed by atoms with Crippen LogP contribution in [0, 0.1) is 11.3 Å². The normalized spacial score (nSPS) is 26.7. The molecule has 0 bridgehead atoms. The van der Waals surface area contributed by atoms with Gasteiger partial charge < -0.3 is 5.41 Å². The highest BCUT2D eigenvalue weighted by atomic mass is 15.1. The average Bonchev–Trinajstić information content (AvgIpc) is 2.48. The first-order valence-electron chi connectivity index (χ1n) is 7.90. The summed E-state index contributed by atoms with van der Waals surface area (Å²) < 4.78 is 0. The van der Waals surface area contributed by atoms with Crippen LogP contribution in [0.2, 0.25) is 0 Å². The van der Waals surface area contributed by atoms with Crippen LogP contribution in [0.4, 0.5) is 0 Å². The molecule has 20 heavy (non-hydrogen) atoms. The second-order valence-corrected chi connectivity index (χ2v) is 6.34. The highest BCUT2D eigenvalue weighted by Gasteiger charge is 2.39. The van der Waals surface area contributed by atoms with E-state index in [-0.39, 0.29) is 5.54 Å². The third-order valence-electron chi connectivity index (χ3n) is 4.99. The molecule has 1 aliphatic carbocycles. The lowest BCUT2D eigenvalue weighted by molar-refractivity contribution is 0.0887. The van der Waals surface area contributed by atoms with E-state index in [1.54, 1.807) is 0 Å². The zero-order valence-corrected chi connectivity index (χ0v) is 13.2. The first-order chi connectivity index (χ1) is 9.60. The lowest BCUT2D eigenvalue weighted by atomic mass is 9.70. The largest absolute Gasteiger partial charge is 0.309 e. The van der Waals surface area contributed by atoms with Crippen LogP contribution in [-0.2, 0) is 5.54 Å². The second-order valence-electron chi connectivity index (χ2n) is 6.34. The Labute approximate surface area is 123 Å². The van der Waals surface area contributed by atoms with E-state index in [0.717, 1.165) is 31.4 Å². The maximum Gasteiger partial charge on any atom is 0.0455 e. The fourth-order valence-corrected chi connectivity index (χ4v) is 3.66. The van der Waals surface area contributed by atoms with Gasteiger partial charge in [-0.15, -0.1) is 0 Å². The third kappa shape index (κ3) is 2.95. The molecule has 1 fully saturated rings. The Bertz CT molecular complexity index is 428. The zero-order valence-electron chi connectivity index (χ0n) is 13.2. The molecule has 0 amide bonds. The lowest BCUT2D eigenvalue weighted by Gasteiger charge is -2.45. The van der Waals surface area contributed by atoms with Gasteiger partial charge in [0, 0.05) is 11.3 Å². The van der Waals surface area contributed by atoms with Gasteiger partial charge in [0.15, 0.2) is 0 Å². The molecule has 1 saturated carbocycles. The minimum Gasteiger partial charge on any atom is -0.309 e. The summed E-state index contributed by atoms with van der Waals surface area (Å²) in [5.41, 5.74) is 2.59. The molecule has 0 unspecified atom stereocenters. The van der Waals surface area contributed by atoms with Gasteiger partial charge in [-0.05, 0) is 57.7 Å². The minimum atomic E-state index is 0.171. The molecule has 2 nitrogen and oxygen atoms in total. The molecule has 1 N–H and O–H groups in total. The summed E-state index contributed by atoms with van der Waals surface area (Å²) in [6.45, 7) is 2.17. The number of nitrogens with one attached hydrogen (secondary N) is 1. The van der Waals surface area contributed by atoms with Crippen molar-refractivity contribution in [2.24, 2.45) is 5.92 Å². The Balaban J connectivity index is 2.13. The van der Waals surface area contributed by atoms with Gasteiger partial charge in [-0.3, -0.25) is 4.90 Å². The lowest BCUT2D eigenvalue weighted by Crippen LogP contribution is -2.45. The highest BCUT2D eigenvalue weighted by molar-refractivity contribution is 5.83. The van der Waals surface area contributed by atoms with E-state index in [2.05, 4.69) is 56.3 Å². The minimum absolute atomic E-state index is 0.171. The highest BCUT2D eigenvalue weighted by Crippen LogP contribution is 2.43. The van der Waals surface area contributed by atoms with Gasteiger partial charge in [-0.25, -0.2) is 0 Å². The Hall–Kier alpha value is -1.15. The summed E-state index contributed by atoms with van der Waals surface area (Å²) in [4.78, 5) is 2.39. The summed E-state index contributed by atoms with van der Waals surface area (Å²) in [6.07, 6.45) is 6.73. The van der Waals surface area contributed by atoms with E-state index in [4.69, 9.17) is 5.41 Å². The van der Waals surface area contributed by atoms with E-state index in [9.17, 15) is 0 Å². The van der Waals surface area contributed by atoms with Crippen molar-refractivity contribution in [1.29, 1.82) is 5.41 Å². The van der Waals surface area contributed by atoms with Gasteiger partial charge >= 0.3 is 0 Å². The smallest absolute Gasteiger partial charge is 0.0455 e. The topological polar surface area (TPSA) is 27.1 Å². The van der Waals surface area contributed by atoms with Gasteiger partial charge in [0.1, 0.15) is 0 Å². The Morgan fingerprint density at radius 2 is 1.80 bits per heavy atom. The van der Waals surface area contributed by atoms with E-state index >= 15 is 0 Å². The van der Waals surface area contributed by atoms with Crippen LogP contribution in [0.25, 0.3) is 0 Å². The first-order valence-corrected chi connectivity index (χ1v) is 7.90. The molecule has 110 valence electrons. The van der Waals surface area contributed by atoms with Gasteiger partial charge in [0.25, 0.3) is 0 Å². The third-order valence-corrected chi connectivity index (χ3v) is 4.99. The number of benzene rings is 1. The summed E-state index contributed by atoms with van der Waals surface area (Å²) >= 11 is 0. The van der Waals surface area contributed by atoms with Crippen molar-refractivity contribution in [1.82, 2.24) is 4.90 Å². The number of hydrogen-bond donors (Lipinski definition) is 1. The molecule has 0 aromatic heterocycles. The summed E-state index contributed by atoms with van der Waals surface area (Å²) in [6, 6.07) is 10.9. The molecule has 0 radical (unpaired) electrons. The quantitative estimate of drug-likeness (QED) is 0.788. The summed E-state index contributed by atoms with van der Waals surface area (Å²) in [5, 5.41) is 8.21. The van der Waals surface area contributed by atoms with Gasteiger partial charge in [-0.1, -0.05) is 43.7 Å². The van der Waals surface area contributed by atoms with Gasteiger partial charge in [0.2, 0.25) is 0 Å². The first kappa shape index (κ1) is 15.2. The van der Waals surface area contributed by atoms with Crippen molar-refractivity contribution in [2.75, 3.05) is 14.1 Å². The van der Waals surface area contributed by atoms with Crippen LogP contribution in [-0.4, -0.2) is 24.7 Å². The number of rotatable bonds is 5. The zero-order chi connectivity index (χ0) is 14.6. The predicted molar refractivity (Wildman–Crippen MR) is 86.4 cm³/mol. The molecule has 0 heterocycles. The fraction of sp³-hybridized carbons (Fsp3) is 0.611. The summed E-state index contributed by atoms with van der Waals surface area (Å²) in [5.74, 6) is 0.520. The molecule has 0 atom stereocenters. The molecule has 0 aliphatic heterocycles. The molecule has 1 aromatic carbocycles. The second kappa shape index (κ2) is 6.53. The van der Waals surface area contributed by atoms with Crippen molar-refractivity contribution < 1.29 is 0 Å². The van der Waals surface area contributed by atoms with Crippen LogP contribution in [0.15, 0.2) is 30.3 Å². The Morgan fingerprint density at radius 3 is 2.30 bits per heavy atom. The van der Waals surface area contributed by atoms with Crippen molar-refractivity contribution in [3.8, 4) is 0 Å². The molecular formula is C18H28N2. The van der Waals surface area contributed by atoms with Crippen LogP contribution in [0.3, 0.4) is 0 Å². The van der Waals surface area contributed by atoms with Crippen LogP contribution < -0.4 is 0 Å². The maximum absolute atomic E-state index is 8.21. The van der Waals surface area contributed by atoms with E-state index in [0.29, 0.717) is 5.92 Å². The van der Waals surface area contributed by atoms with E-state index in [1.165, 1.54) is 18.4 Å². The van der Waals surface area contributed by atoms with Crippen molar-refractivity contribution in [3.05, 3.63) is 35.9 Å². The molecule has 0 saturated heterocycles. The summed E-state index contributed by atoms with van der Waals surface area (Å²) in [7, 11) is 4.40. The monoisotopic (exact) mass is 272 g/mol. The van der Waals surface area contributed by atoms with Gasteiger partial charge in [-0.2, -0.15) is 0 Å². The molecule has 2 heteroatoms. The molecule has 2 rings (SSSR count). The van der Waals surface area contributed by atoms with Crippen molar-refractivity contribution in [3.63, 3.8) is 0 Å². The van der Waals surface area contributed by atoms with Gasteiger partial charge in [0.05, 0.1) is 0 Å². The number of nitrogens with zero attached hydrogens (tertiary/aromatic N) is 1. The van der Waals surface area contributed by atoms with Crippen LogP contribution in [0.5, 0.6) is 0 Å². The van der Waals surface area contributed by atoms with Crippen molar-refractivity contribution in [2.45, 2.75) is 51.0 Å². The SMILES string of the molecule is CCCC(=N)C1CCC(c2ccccc2)(N(C)C)CC1. The van der Waals surface area contributed by atoms with Crippen LogP contribution >= 0.6 is 0 Å². The molecule has 0 spiro atoms. The number of hydrogen-bond acceptors (Lipinski definition) is 2. The van der Waals surface area contributed by atoms with Crippen LogP contribution in [0.1, 0.15) is 51.0 Å². The Kier molecular flexibility index (Phi) is 4.98. The standard InChI is InChI=1S/C18H28N2/c1-4-8-17(19)15-11-13-18(14-12-15,20(2)3)16-9-6-5-7-10-16/h5-7,9-10,15,19H,4,8,11-14H2,1-3H3. The maximum atomic E-state index is 8.21.